The van der Waals surface area contributed by atoms with Gasteiger partial charge in [-0.05, 0) is 18.6 Å². The van der Waals surface area contributed by atoms with Crippen molar-refractivity contribution in [3.8, 4) is 5.75 Å². The lowest BCUT2D eigenvalue weighted by Gasteiger charge is -2.10. The first-order valence-electron chi connectivity index (χ1n) is 5.15. The number of Topliss-reactive ketones (excluding diaryl/α,β-unsaturated/α-hetero) is 1. The van der Waals surface area contributed by atoms with Crippen molar-refractivity contribution in [3.05, 3.63) is 29.0 Å². The summed E-state index contributed by atoms with van der Waals surface area (Å²) in [4.78, 5) is 11.5. The number of hydrogen-bond donors (Lipinski definition) is 0. The van der Waals surface area contributed by atoms with Crippen LogP contribution in [0.15, 0.2) is 18.2 Å². The first-order chi connectivity index (χ1) is 7.56. The van der Waals surface area contributed by atoms with Gasteiger partial charge in [0.1, 0.15) is 6.61 Å². The number of halogens is 2. The van der Waals surface area contributed by atoms with Crippen molar-refractivity contribution >= 4 is 17.4 Å². The molecule has 88 valence electrons. The summed E-state index contributed by atoms with van der Waals surface area (Å²) < 4.78 is 18.5. The zero-order valence-electron chi connectivity index (χ0n) is 9.30. The van der Waals surface area contributed by atoms with Gasteiger partial charge in [0.05, 0.1) is 5.02 Å². The van der Waals surface area contributed by atoms with Gasteiger partial charge in [-0.25, -0.2) is 4.39 Å². The van der Waals surface area contributed by atoms with E-state index in [9.17, 15) is 9.18 Å². The van der Waals surface area contributed by atoms with Crippen LogP contribution in [0.3, 0.4) is 0 Å². The van der Waals surface area contributed by atoms with Gasteiger partial charge in [-0.2, -0.15) is 0 Å². The van der Waals surface area contributed by atoms with E-state index >= 15 is 0 Å². The lowest BCUT2D eigenvalue weighted by molar-refractivity contribution is -0.124. The smallest absolute Gasteiger partial charge is 0.183 e. The summed E-state index contributed by atoms with van der Waals surface area (Å²) in [5.41, 5.74) is 0. The summed E-state index contributed by atoms with van der Waals surface area (Å²) >= 11 is 5.58. The van der Waals surface area contributed by atoms with Crippen molar-refractivity contribution in [2.75, 3.05) is 6.61 Å². The molecule has 1 aromatic carbocycles. The molecular weight excluding hydrogens is 231 g/mol. The summed E-state index contributed by atoms with van der Waals surface area (Å²) in [6.45, 7) is 3.62. The largest absolute Gasteiger partial charge is 0.483 e. The molecule has 1 unspecified atom stereocenters. The standard InChI is InChI=1S/C12H14ClFO2/c1-3-8(2)10(15)7-16-11-6-4-5-9(13)12(11)14/h4-6,8H,3,7H2,1-2H3. The predicted molar refractivity (Wildman–Crippen MR) is 61.4 cm³/mol. The maximum absolute atomic E-state index is 13.4. The fourth-order valence-electron chi connectivity index (χ4n) is 1.11. The third kappa shape index (κ3) is 3.20. The molecule has 1 atom stereocenters. The first-order valence-corrected chi connectivity index (χ1v) is 5.53. The molecule has 0 aliphatic rings. The van der Waals surface area contributed by atoms with Crippen molar-refractivity contribution in [1.82, 2.24) is 0 Å². The second-order valence-electron chi connectivity index (χ2n) is 3.62. The predicted octanol–water partition coefficient (Wildman–Crippen LogP) is 3.47. The summed E-state index contributed by atoms with van der Waals surface area (Å²) in [6.07, 6.45) is 0.750. The minimum atomic E-state index is -0.624. The van der Waals surface area contributed by atoms with Crippen molar-refractivity contribution in [2.45, 2.75) is 20.3 Å². The van der Waals surface area contributed by atoms with E-state index in [4.69, 9.17) is 16.3 Å². The molecular formula is C12H14ClFO2. The molecule has 0 aliphatic carbocycles. The highest BCUT2D eigenvalue weighted by atomic mass is 35.5. The average molecular weight is 245 g/mol. The number of rotatable bonds is 5. The molecule has 0 saturated carbocycles. The number of ether oxygens (including phenoxy) is 1. The zero-order chi connectivity index (χ0) is 12.1. The van der Waals surface area contributed by atoms with Crippen LogP contribution in [0.25, 0.3) is 0 Å². The second-order valence-corrected chi connectivity index (χ2v) is 4.02. The Hall–Kier alpha value is -1.09. The lowest BCUT2D eigenvalue weighted by atomic mass is 10.1. The van der Waals surface area contributed by atoms with Crippen LogP contribution < -0.4 is 4.74 Å². The highest BCUT2D eigenvalue weighted by Crippen LogP contribution is 2.24. The maximum Gasteiger partial charge on any atom is 0.183 e. The fraction of sp³-hybridized carbons (Fsp3) is 0.417. The van der Waals surface area contributed by atoms with Gasteiger partial charge in [0.15, 0.2) is 17.3 Å². The molecule has 4 heteroatoms. The fourth-order valence-corrected chi connectivity index (χ4v) is 1.28. The van der Waals surface area contributed by atoms with E-state index < -0.39 is 5.82 Å². The number of ketones is 1. The van der Waals surface area contributed by atoms with E-state index in [1.165, 1.54) is 12.1 Å². The molecule has 0 N–H and O–H groups in total. The van der Waals surface area contributed by atoms with Crippen molar-refractivity contribution < 1.29 is 13.9 Å². The van der Waals surface area contributed by atoms with E-state index in [1.54, 1.807) is 6.07 Å². The molecule has 0 aromatic heterocycles. The van der Waals surface area contributed by atoms with Crippen molar-refractivity contribution in [3.63, 3.8) is 0 Å². The molecule has 0 heterocycles. The van der Waals surface area contributed by atoms with Gasteiger partial charge < -0.3 is 4.74 Å². The molecule has 2 nitrogen and oxygen atoms in total. The SMILES string of the molecule is CCC(C)C(=O)COc1cccc(Cl)c1F. The Kier molecular flexibility index (Phi) is 4.74. The highest BCUT2D eigenvalue weighted by molar-refractivity contribution is 6.30. The van der Waals surface area contributed by atoms with Gasteiger partial charge in [0.25, 0.3) is 0 Å². The van der Waals surface area contributed by atoms with Crippen LogP contribution in [0.5, 0.6) is 5.75 Å². The summed E-state index contributed by atoms with van der Waals surface area (Å²) in [5.74, 6) is -0.714. The first kappa shape index (κ1) is 13.0. The van der Waals surface area contributed by atoms with E-state index in [0.29, 0.717) is 0 Å². The molecule has 16 heavy (non-hydrogen) atoms. The van der Waals surface area contributed by atoms with Gasteiger partial charge in [-0.1, -0.05) is 31.5 Å². The van der Waals surface area contributed by atoms with Crippen LogP contribution in [-0.2, 0) is 4.79 Å². The Bertz CT molecular complexity index is 379. The minimum Gasteiger partial charge on any atom is -0.483 e. The molecule has 0 radical (unpaired) electrons. The lowest BCUT2D eigenvalue weighted by Crippen LogP contribution is -2.18. The summed E-state index contributed by atoms with van der Waals surface area (Å²) in [5, 5.41) is -0.00603. The van der Waals surface area contributed by atoms with Crippen LogP contribution in [0.1, 0.15) is 20.3 Å². The Morgan fingerprint density at radius 3 is 2.88 bits per heavy atom. The normalized spacial score (nSPS) is 12.2. The van der Waals surface area contributed by atoms with Crippen LogP contribution in [0, 0.1) is 11.7 Å². The molecule has 0 bridgehead atoms. The summed E-state index contributed by atoms with van der Waals surface area (Å²) in [6, 6.07) is 4.46. The average Bonchev–Trinajstić information content (AvgIpc) is 2.29. The van der Waals surface area contributed by atoms with Gasteiger partial charge in [-0.3, -0.25) is 4.79 Å². The topological polar surface area (TPSA) is 26.3 Å². The Morgan fingerprint density at radius 2 is 2.25 bits per heavy atom. The minimum absolute atomic E-state index is 0.00603. The number of carbonyl (C=O) groups excluding carboxylic acids is 1. The van der Waals surface area contributed by atoms with Crippen molar-refractivity contribution in [1.29, 1.82) is 0 Å². The molecule has 0 spiro atoms. The van der Waals surface area contributed by atoms with Crippen LogP contribution in [0.4, 0.5) is 4.39 Å². The Labute approximate surface area is 99.4 Å². The van der Waals surface area contributed by atoms with E-state index in [1.807, 2.05) is 13.8 Å². The van der Waals surface area contributed by atoms with Crippen molar-refractivity contribution in [2.24, 2.45) is 5.92 Å². The van der Waals surface area contributed by atoms with E-state index in [0.717, 1.165) is 6.42 Å². The Morgan fingerprint density at radius 1 is 1.56 bits per heavy atom. The monoisotopic (exact) mass is 244 g/mol. The third-order valence-electron chi connectivity index (χ3n) is 2.45. The van der Waals surface area contributed by atoms with E-state index in [-0.39, 0.29) is 29.1 Å². The van der Waals surface area contributed by atoms with Gasteiger partial charge in [0, 0.05) is 5.92 Å². The molecule has 0 aliphatic heterocycles. The molecule has 1 aromatic rings. The molecule has 0 fully saturated rings. The third-order valence-corrected chi connectivity index (χ3v) is 2.74. The number of carbonyl (C=O) groups is 1. The number of hydrogen-bond acceptors (Lipinski definition) is 2. The second kappa shape index (κ2) is 5.85. The zero-order valence-corrected chi connectivity index (χ0v) is 10.1. The van der Waals surface area contributed by atoms with Gasteiger partial charge >= 0.3 is 0 Å². The maximum atomic E-state index is 13.4. The Balaban J connectivity index is 2.61. The summed E-state index contributed by atoms with van der Waals surface area (Å²) in [7, 11) is 0. The van der Waals surface area contributed by atoms with Crippen LogP contribution >= 0.6 is 11.6 Å². The molecule has 0 saturated heterocycles. The van der Waals surface area contributed by atoms with Gasteiger partial charge in [-0.15, -0.1) is 0 Å². The molecule has 0 amide bonds. The van der Waals surface area contributed by atoms with Gasteiger partial charge in [0.2, 0.25) is 0 Å². The van der Waals surface area contributed by atoms with E-state index in [2.05, 4.69) is 0 Å². The van der Waals surface area contributed by atoms with Crippen LogP contribution in [0.2, 0.25) is 5.02 Å². The molecule has 1 rings (SSSR count). The number of benzene rings is 1. The highest BCUT2D eigenvalue weighted by Gasteiger charge is 2.13. The quantitative estimate of drug-likeness (QED) is 0.793. The van der Waals surface area contributed by atoms with Crippen LogP contribution in [-0.4, -0.2) is 12.4 Å².